The molecule has 0 saturated carbocycles. The third-order valence-electron chi connectivity index (χ3n) is 2.83. The molecule has 0 aliphatic rings. The molecule has 0 saturated heterocycles. The van der Waals surface area contributed by atoms with Crippen LogP contribution in [0.4, 0.5) is 4.39 Å². The summed E-state index contributed by atoms with van der Waals surface area (Å²) in [6.07, 6.45) is 0. The summed E-state index contributed by atoms with van der Waals surface area (Å²) in [6, 6.07) is 9.40. The molecule has 0 amide bonds. The number of carboxylic acids is 1. The lowest BCUT2D eigenvalue weighted by Crippen LogP contribution is -1.96. The van der Waals surface area contributed by atoms with Crippen molar-refractivity contribution in [3.8, 4) is 0 Å². The van der Waals surface area contributed by atoms with E-state index in [0.29, 0.717) is 11.0 Å². The fraction of sp³-hybridized carbons (Fsp3) is 0. The lowest BCUT2D eigenvalue weighted by Gasteiger charge is -1.95. The van der Waals surface area contributed by atoms with Gasteiger partial charge in [-0.05, 0) is 24.3 Å². The first-order valence-electron chi connectivity index (χ1n) is 5.10. The molecular weight excluding hydrogens is 221 g/mol. The third-order valence-corrected chi connectivity index (χ3v) is 2.83. The Morgan fingerprint density at radius 1 is 1.18 bits per heavy atom. The summed E-state index contributed by atoms with van der Waals surface area (Å²) in [4.78, 5) is 14.0. The van der Waals surface area contributed by atoms with Gasteiger partial charge < -0.3 is 10.1 Å². The second kappa shape index (κ2) is 3.31. The van der Waals surface area contributed by atoms with E-state index >= 15 is 0 Å². The van der Waals surface area contributed by atoms with Crippen LogP contribution < -0.4 is 0 Å². The number of aromatic amines is 1. The van der Waals surface area contributed by atoms with Crippen molar-refractivity contribution in [2.45, 2.75) is 0 Å². The molecule has 1 aromatic heterocycles. The van der Waals surface area contributed by atoms with Gasteiger partial charge in [0.05, 0.1) is 11.1 Å². The fourth-order valence-electron chi connectivity index (χ4n) is 2.08. The Bertz CT molecular complexity index is 746. The number of hydrogen-bond donors (Lipinski definition) is 2. The number of H-pyrrole nitrogens is 1. The lowest BCUT2D eigenvalue weighted by molar-refractivity contribution is 0.0699. The molecule has 0 radical (unpaired) electrons. The first-order valence-corrected chi connectivity index (χ1v) is 5.10. The van der Waals surface area contributed by atoms with Gasteiger partial charge in [0.2, 0.25) is 0 Å². The maximum atomic E-state index is 13.1. The fourth-order valence-corrected chi connectivity index (χ4v) is 2.08. The van der Waals surface area contributed by atoms with Gasteiger partial charge in [0.1, 0.15) is 5.82 Å². The molecule has 2 aromatic carbocycles. The maximum absolute atomic E-state index is 13.1. The summed E-state index contributed by atoms with van der Waals surface area (Å²) in [5.74, 6) is -1.34. The molecule has 0 atom stereocenters. The summed E-state index contributed by atoms with van der Waals surface area (Å²) < 4.78 is 13.1. The average Bonchev–Trinajstić information content (AvgIpc) is 2.65. The Balaban J connectivity index is 2.50. The van der Waals surface area contributed by atoms with Crippen molar-refractivity contribution >= 4 is 27.8 Å². The van der Waals surface area contributed by atoms with Crippen LogP contribution in [0.3, 0.4) is 0 Å². The first-order chi connectivity index (χ1) is 8.16. The van der Waals surface area contributed by atoms with E-state index in [0.717, 1.165) is 10.8 Å². The van der Waals surface area contributed by atoms with Crippen molar-refractivity contribution in [3.63, 3.8) is 0 Å². The van der Waals surface area contributed by atoms with Crippen molar-refractivity contribution in [2.75, 3.05) is 0 Å². The van der Waals surface area contributed by atoms with Gasteiger partial charge >= 0.3 is 5.97 Å². The quantitative estimate of drug-likeness (QED) is 0.673. The van der Waals surface area contributed by atoms with Crippen LogP contribution in [-0.2, 0) is 0 Å². The standard InChI is InChI=1S/C13H8FNO2/c14-7-4-5-8-9-2-1-3-10(13(16)17)12(9)15-11(8)6-7/h1-6,15H,(H,16,17). The van der Waals surface area contributed by atoms with Crippen molar-refractivity contribution in [1.82, 2.24) is 4.98 Å². The van der Waals surface area contributed by atoms with Crippen molar-refractivity contribution in [1.29, 1.82) is 0 Å². The van der Waals surface area contributed by atoms with Gasteiger partial charge in [-0.15, -0.1) is 0 Å². The number of aromatic nitrogens is 1. The Labute approximate surface area is 95.5 Å². The maximum Gasteiger partial charge on any atom is 0.337 e. The van der Waals surface area contributed by atoms with Crippen LogP contribution in [0.2, 0.25) is 0 Å². The van der Waals surface area contributed by atoms with E-state index < -0.39 is 5.97 Å². The normalized spacial score (nSPS) is 11.1. The van der Waals surface area contributed by atoms with Crippen LogP contribution in [0, 0.1) is 5.82 Å². The molecule has 17 heavy (non-hydrogen) atoms. The number of nitrogens with one attached hydrogen (secondary N) is 1. The highest BCUT2D eigenvalue weighted by molar-refractivity contribution is 6.13. The highest BCUT2D eigenvalue weighted by atomic mass is 19.1. The Kier molecular flexibility index (Phi) is 1.92. The van der Waals surface area contributed by atoms with Gasteiger partial charge in [0.15, 0.2) is 0 Å². The summed E-state index contributed by atoms with van der Waals surface area (Å²) in [5.41, 5.74) is 1.33. The molecule has 0 spiro atoms. The summed E-state index contributed by atoms with van der Waals surface area (Å²) in [5, 5.41) is 10.7. The van der Waals surface area contributed by atoms with Crippen LogP contribution >= 0.6 is 0 Å². The Morgan fingerprint density at radius 2 is 2.00 bits per heavy atom. The number of fused-ring (bicyclic) bond motifs is 3. The van der Waals surface area contributed by atoms with Gasteiger partial charge in [0.25, 0.3) is 0 Å². The van der Waals surface area contributed by atoms with Gasteiger partial charge in [0, 0.05) is 16.3 Å². The monoisotopic (exact) mass is 229 g/mol. The van der Waals surface area contributed by atoms with Crippen LogP contribution in [0.1, 0.15) is 10.4 Å². The molecule has 0 bridgehead atoms. The molecular formula is C13H8FNO2. The smallest absolute Gasteiger partial charge is 0.337 e. The zero-order valence-electron chi connectivity index (χ0n) is 8.70. The first kappa shape index (κ1) is 9.84. The zero-order chi connectivity index (χ0) is 12.0. The van der Waals surface area contributed by atoms with Crippen LogP contribution in [0.15, 0.2) is 36.4 Å². The molecule has 0 unspecified atom stereocenters. The summed E-state index contributed by atoms with van der Waals surface area (Å²) in [7, 11) is 0. The van der Waals surface area contributed by atoms with Gasteiger partial charge in [-0.3, -0.25) is 0 Å². The van der Waals surface area contributed by atoms with E-state index in [-0.39, 0.29) is 11.4 Å². The third kappa shape index (κ3) is 1.38. The van der Waals surface area contributed by atoms with E-state index in [2.05, 4.69) is 4.98 Å². The topological polar surface area (TPSA) is 53.1 Å². The van der Waals surface area contributed by atoms with Gasteiger partial charge in [-0.1, -0.05) is 12.1 Å². The van der Waals surface area contributed by atoms with E-state index in [1.54, 1.807) is 12.1 Å². The number of rotatable bonds is 1. The van der Waals surface area contributed by atoms with E-state index in [4.69, 9.17) is 5.11 Å². The SMILES string of the molecule is O=C(O)c1cccc2c1[nH]c1cc(F)ccc12. The van der Waals surface area contributed by atoms with Crippen molar-refractivity contribution in [3.05, 3.63) is 47.8 Å². The van der Waals surface area contributed by atoms with Crippen molar-refractivity contribution < 1.29 is 14.3 Å². The molecule has 2 N–H and O–H groups in total. The Morgan fingerprint density at radius 3 is 2.76 bits per heavy atom. The highest BCUT2D eigenvalue weighted by Crippen LogP contribution is 2.28. The van der Waals surface area contributed by atoms with E-state index in [1.165, 1.54) is 18.2 Å². The lowest BCUT2D eigenvalue weighted by atomic mass is 10.1. The number of para-hydroxylation sites is 1. The highest BCUT2D eigenvalue weighted by Gasteiger charge is 2.12. The number of hydrogen-bond acceptors (Lipinski definition) is 1. The predicted octanol–water partition coefficient (Wildman–Crippen LogP) is 3.16. The second-order valence-electron chi connectivity index (χ2n) is 3.85. The number of aromatic carboxylic acids is 1. The molecule has 4 heteroatoms. The molecule has 0 aliphatic carbocycles. The van der Waals surface area contributed by atoms with Crippen molar-refractivity contribution in [2.24, 2.45) is 0 Å². The van der Waals surface area contributed by atoms with Crippen LogP contribution in [0.5, 0.6) is 0 Å². The van der Waals surface area contributed by atoms with Gasteiger partial charge in [-0.25, -0.2) is 9.18 Å². The summed E-state index contributed by atoms with van der Waals surface area (Å²) in [6.45, 7) is 0. The number of benzene rings is 2. The second-order valence-corrected chi connectivity index (χ2v) is 3.85. The summed E-state index contributed by atoms with van der Waals surface area (Å²) >= 11 is 0. The largest absolute Gasteiger partial charge is 0.478 e. The number of carboxylic acid groups (broad SMARTS) is 1. The molecule has 1 heterocycles. The molecule has 3 nitrogen and oxygen atoms in total. The van der Waals surface area contributed by atoms with E-state index in [1.807, 2.05) is 6.07 Å². The molecule has 84 valence electrons. The average molecular weight is 229 g/mol. The molecule has 3 aromatic rings. The predicted molar refractivity (Wildman–Crippen MR) is 62.7 cm³/mol. The minimum Gasteiger partial charge on any atom is -0.478 e. The molecule has 0 fully saturated rings. The zero-order valence-corrected chi connectivity index (χ0v) is 8.70. The molecule has 0 aliphatic heterocycles. The van der Waals surface area contributed by atoms with Crippen LogP contribution in [-0.4, -0.2) is 16.1 Å². The number of carbonyl (C=O) groups is 1. The molecule has 3 rings (SSSR count). The van der Waals surface area contributed by atoms with Crippen LogP contribution in [0.25, 0.3) is 21.8 Å². The Hall–Kier alpha value is -2.36. The van der Waals surface area contributed by atoms with E-state index in [9.17, 15) is 9.18 Å². The minimum absolute atomic E-state index is 0.194. The van der Waals surface area contributed by atoms with Gasteiger partial charge in [-0.2, -0.15) is 0 Å². The minimum atomic E-state index is -0.998. The number of halogens is 1.